The summed E-state index contributed by atoms with van der Waals surface area (Å²) in [7, 11) is 0. The summed E-state index contributed by atoms with van der Waals surface area (Å²) in [5.74, 6) is 1.86. The Morgan fingerprint density at radius 2 is 1.68 bits per heavy atom. The lowest BCUT2D eigenvalue weighted by molar-refractivity contribution is -0.145. The molecule has 2 fully saturated rings. The van der Waals surface area contributed by atoms with E-state index in [2.05, 4.69) is 72.5 Å². The van der Waals surface area contributed by atoms with Gasteiger partial charge in [0.15, 0.2) is 0 Å². The quantitative estimate of drug-likeness (QED) is 0.276. The first-order chi connectivity index (χ1) is 18.1. The third kappa shape index (κ3) is 5.48. The zero-order valence-electron chi connectivity index (χ0n) is 21.5. The fourth-order valence-electron chi connectivity index (χ4n) is 5.85. The predicted molar refractivity (Wildman–Crippen MR) is 151 cm³/mol. The minimum Gasteiger partial charge on any atom is -0.461 e. The second kappa shape index (κ2) is 11.8. The minimum absolute atomic E-state index is 0.150. The molecule has 2 unspecified atom stereocenters. The Kier molecular flexibility index (Phi) is 8.30. The molecule has 194 valence electrons. The van der Waals surface area contributed by atoms with Gasteiger partial charge in [0.05, 0.1) is 6.04 Å². The Balaban J connectivity index is 1.50. The number of rotatable bonds is 10. The minimum atomic E-state index is -0.682. The molecule has 4 atom stereocenters. The highest BCUT2D eigenvalue weighted by Gasteiger charge is 2.62. The number of thioether (sulfide) groups is 1. The number of aliphatic hydroxyl groups excluding tert-OH is 1. The Bertz CT molecular complexity index is 1180. The number of nitrogens with zero attached hydrogens (tertiary/aromatic N) is 2. The number of aliphatic hydroxyl groups is 1. The van der Waals surface area contributed by atoms with E-state index in [-0.39, 0.29) is 24.7 Å². The van der Waals surface area contributed by atoms with Crippen molar-refractivity contribution in [2.24, 2.45) is 0 Å². The van der Waals surface area contributed by atoms with Crippen molar-refractivity contribution in [1.82, 2.24) is 9.38 Å². The van der Waals surface area contributed by atoms with Gasteiger partial charge in [0.1, 0.15) is 24.9 Å². The van der Waals surface area contributed by atoms with E-state index in [0.29, 0.717) is 24.0 Å². The van der Waals surface area contributed by atoms with Crippen LogP contribution in [0, 0.1) is 0 Å². The van der Waals surface area contributed by atoms with E-state index in [4.69, 9.17) is 4.74 Å². The third-order valence-electron chi connectivity index (χ3n) is 7.77. The van der Waals surface area contributed by atoms with Crippen molar-refractivity contribution in [2.45, 2.75) is 64.3 Å². The van der Waals surface area contributed by atoms with Gasteiger partial charge in [0.25, 0.3) is 6.35 Å². The van der Waals surface area contributed by atoms with Crippen LogP contribution in [0.1, 0.15) is 42.9 Å². The number of fused-ring (bicyclic) bond motifs is 1. The molecule has 0 saturated carbocycles. The molecule has 0 aliphatic carbocycles. The van der Waals surface area contributed by atoms with Crippen LogP contribution in [0.15, 0.2) is 84.9 Å². The molecule has 5 nitrogen and oxygen atoms in total. The molecule has 3 aromatic rings. The molecule has 0 radical (unpaired) electrons. The van der Waals surface area contributed by atoms with Gasteiger partial charge in [-0.1, -0.05) is 86.1 Å². The number of hydrogen-bond acceptors (Lipinski definition) is 5. The molecule has 6 heteroatoms. The number of benzene rings is 3. The maximum Gasteiger partial charge on any atom is 0.306 e. The number of hydrogen-bond donors (Lipinski definition) is 1. The fourth-order valence-corrected chi connectivity index (χ4v) is 7.37. The predicted octanol–water partition coefficient (Wildman–Crippen LogP) is 5.70. The lowest BCUT2D eigenvalue weighted by Gasteiger charge is -2.41. The average Bonchev–Trinajstić information content (AvgIpc) is 3.50. The number of quaternary nitrogens is 1. The molecule has 37 heavy (non-hydrogen) atoms. The van der Waals surface area contributed by atoms with Crippen LogP contribution in [0.3, 0.4) is 0 Å². The highest BCUT2D eigenvalue weighted by Crippen LogP contribution is 2.47. The molecule has 5 rings (SSSR count). The Labute approximate surface area is 224 Å². The largest absolute Gasteiger partial charge is 0.461 e. The molecule has 0 amide bonds. The second-order valence-electron chi connectivity index (χ2n) is 10.2. The molecular formula is C31H37N2O3S+. The number of carbonyl (C=O) groups excluding carboxylic acids is 1. The van der Waals surface area contributed by atoms with Crippen LogP contribution in [0.5, 0.6) is 0 Å². The van der Waals surface area contributed by atoms with Gasteiger partial charge in [-0.25, -0.2) is 9.38 Å². The van der Waals surface area contributed by atoms with Gasteiger partial charge in [0, 0.05) is 36.1 Å². The SMILES string of the molecule is CCCCC(=O)OCc1cccc([N+]2(Cc3ccccc3)C(O)N(Cc3ccccc3)[C@@H]3CSC[C@@H]32)c1. The van der Waals surface area contributed by atoms with Crippen molar-refractivity contribution in [1.29, 1.82) is 0 Å². The summed E-state index contributed by atoms with van der Waals surface area (Å²) >= 11 is 1.98. The van der Waals surface area contributed by atoms with Crippen LogP contribution in [-0.2, 0) is 29.2 Å². The lowest BCUT2D eigenvalue weighted by atomic mass is 10.0. The van der Waals surface area contributed by atoms with Gasteiger partial charge in [-0.15, -0.1) is 0 Å². The van der Waals surface area contributed by atoms with E-state index in [1.807, 2.05) is 36.0 Å². The van der Waals surface area contributed by atoms with Crippen LogP contribution in [0.4, 0.5) is 5.69 Å². The van der Waals surface area contributed by atoms with Gasteiger partial charge in [-0.2, -0.15) is 11.8 Å². The Morgan fingerprint density at radius 1 is 0.973 bits per heavy atom. The summed E-state index contributed by atoms with van der Waals surface area (Å²) in [5.41, 5.74) is 4.45. The van der Waals surface area contributed by atoms with Crippen LogP contribution in [-0.4, -0.2) is 45.9 Å². The fraction of sp³-hybridized carbons (Fsp3) is 0.387. The Morgan fingerprint density at radius 3 is 2.41 bits per heavy atom. The summed E-state index contributed by atoms with van der Waals surface area (Å²) < 4.78 is 6.05. The highest BCUT2D eigenvalue weighted by atomic mass is 32.2. The van der Waals surface area contributed by atoms with Crippen LogP contribution in [0.2, 0.25) is 0 Å². The maximum absolute atomic E-state index is 12.2. The molecule has 1 N–H and O–H groups in total. The first-order valence-electron chi connectivity index (χ1n) is 13.3. The zero-order chi connectivity index (χ0) is 25.7. The van der Waals surface area contributed by atoms with Crippen molar-refractivity contribution >= 4 is 23.4 Å². The van der Waals surface area contributed by atoms with E-state index in [0.717, 1.165) is 35.6 Å². The van der Waals surface area contributed by atoms with E-state index in [1.54, 1.807) is 0 Å². The number of carbonyl (C=O) groups is 1. The Hall–Kier alpha value is -2.64. The standard InChI is InChI=1S/C31H37N2O3S/c1-2-3-17-30(34)36-21-26-15-10-16-27(18-26)33(20-25-13-8-5-9-14-25)29-23-37-22-28(29)32(31(33)35)19-24-11-6-4-7-12-24/h4-16,18,28-29,31,35H,2-3,17,19-23H2,1H3/q+1/t28-,29+,31?,33?/m1/s1. The first kappa shape index (κ1) is 26.0. The average molecular weight is 518 g/mol. The van der Waals surface area contributed by atoms with Crippen LogP contribution >= 0.6 is 11.8 Å². The monoisotopic (exact) mass is 517 g/mol. The second-order valence-corrected chi connectivity index (χ2v) is 11.3. The number of esters is 1. The number of unbranched alkanes of at least 4 members (excludes halogenated alkanes) is 1. The first-order valence-corrected chi connectivity index (χ1v) is 14.5. The van der Waals surface area contributed by atoms with Crippen molar-refractivity contribution in [3.8, 4) is 0 Å². The molecule has 2 aliphatic heterocycles. The van der Waals surface area contributed by atoms with Crippen molar-refractivity contribution in [3.63, 3.8) is 0 Å². The number of ether oxygens (including phenoxy) is 1. The summed E-state index contributed by atoms with van der Waals surface area (Å²) in [4.78, 5) is 14.5. The van der Waals surface area contributed by atoms with Crippen molar-refractivity contribution < 1.29 is 14.6 Å². The van der Waals surface area contributed by atoms with Crippen LogP contribution in [0.25, 0.3) is 0 Å². The van der Waals surface area contributed by atoms with E-state index < -0.39 is 6.35 Å². The summed E-state index contributed by atoms with van der Waals surface area (Å²) in [6.45, 7) is 3.75. The third-order valence-corrected chi connectivity index (χ3v) is 8.92. The molecule has 2 aliphatic rings. The van der Waals surface area contributed by atoms with Gasteiger partial charge >= 0.3 is 5.97 Å². The molecule has 2 saturated heterocycles. The van der Waals surface area contributed by atoms with Crippen LogP contribution < -0.4 is 4.48 Å². The molecule has 2 heterocycles. The highest BCUT2D eigenvalue weighted by molar-refractivity contribution is 7.99. The van der Waals surface area contributed by atoms with Gasteiger partial charge < -0.3 is 9.84 Å². The molecule has 0 aromatic heterocycles. The molecule has 0 spiro atoms. The maximum atomic E-state index is 12.2. The summed E-state index contributed by atoms with van der Waals surface area (Å²) in [5, 5.41) is 12.2. The van der Waals surface area contributed by atoms with E-state index >= 15 is 0 Å². The van der Waals surface area contributed by atoms with E-state index in [9.17, 15) is 9.90 Å². The lowest BCUT2D eigenvalue weighted by Crippen LogP contribution is -2.60. The topological polar surface area (TPSA) is 49.8 Å². The van der Waals surface area contributed by atoms with Crippen molar-refractivity contribution in [2.75, 3.05) is 11.5 Å². The summed E-state index contributed by atoms with van der Waals surface area (Å²) in [6.07, 6.45) is 1.60. The van der Waals surface area contributed by atoms with E-state index in [1.165, 1.54) is 11.1 Å². The molecular weight excluding hydrogens is 480 g/mol. The summed E-state index contributed by atoms with van der Waals surface area (Å²) in [6, 6.07) is 29.8. The van der Waals surface area contributed by atoms with Crippen molar-refractivity contribution in [3.05, 3.63) is 102 Å². The molecule has 3 aromatic carbocycles. The van der Waals surface area contributed by atoms with Gasteiger partial charge in [-0.3, -0.25) is 4.79 Å². The smallest absolute Gasteiger partial charge is 0.306 e. The van der Waals surface area contributed by atoms with Gasteiger partial charge in [-0.05, 0) is 23.6 Å². The zero-order valence-corrected chi connectivity index (χ0v) is 22.4. The molecule has 0 bridgehead atoms. The van der Waals surface area contributed by atoms with Gasteiger partial charge in [0.2, 0.25) is 0 Å². The normalized spacial score (nSPS) is 25.2.